The summed E-state index contributed by atoms with van der Waals surface area (Å²) < 4.78 is 18.9. The molecule has 2 N–H and O–H groups in total. The van der Waals surface area contributed by atoms with Gasteiger partial charge in [0.25, 0.3) is 11.8 Å². The molecule has 6 heteroatoms. The number of para-hydroxylation sites is 1. The molecule has 0 spiro atoms. The van der Waals surface area contributed by atoms with E-state index in [9.17, 15) is 14.0 Å². The third-order valence-electron chi connectivity index (χ3n) is 4.15. The average molecular weight is 378 g/mol. The van der Waals surface area contributed by atoms with Crippen LogP contribution in [0.4, 0.5) is 10.1 Å². The van der Waals surface area contributed by atoms with E-state index in [-0.39, 0.29) is 11.5 Å². The van der Waals surface area contributed by atoms with Crippen LogP contribution in [0.1, 0.15) is 26.3 Å². The fraction of sp³-hybridized carbons (Fsp3) is 0.0909. The highest BCUT2D eigenvalue weighted by atomic mass is 19.1. The molecule has 5 nitrogen and oxygen atoms in total. The Morgan fingerprint density at radius 1 is 0.857 bits per heavy atom. The summed E-state index contributed by atoms with van der Waals surface area (Å²) in [5.74, 6) is -0.855. The Hall–Kier alpha value is -3.67. The lowest BCUT2D eigenvalue weighted by molar-refractivity contribution is 0.0952. The van der Waals surface area contributed by atoms with Crippen LogP contribution in [-0.4, -0.2) is 18.9 Å². The van der Waals surface area contributed by atoms with Gasteiger partial charge in [-0.25, -0.2) is 4.39 Å². The van der Waals surface area contributed by atoms with Crippen molar-refractivity contribution in [3.05, 3.63) is 95.3 Å². The van der Waals surface area contributed by atoms with Crippen molar-refractivity contribution < 1.29 is 18.7 Å². The Balaban J connectivity index is 1.71. The van der Waals surface area contributed by atoms with Gasteiger partial charge in [-0.3, -0.25) is 9.59 Å². The second kappa shape index (κ2) is 8.81. The molecule has 0 atom stereocenters. The minimum absolute atomic E-state index is 0.0871. The molecule has 3 aromatic rings. The number of anilines is 1. The first-order valence-corrected chi connectivity index (χ1v) is 8.64. The van der Waals surface area contributed by atoms with Crippen LogP contribution in [-0.2, 0) is 6.54 Å². The number of ether oxygens (including phenoxy) is 1. The largest absolute Gasteiger partial charge is 0.497 e. The fourth-order valence-corrected chi connectivity index (χ4v) is 2.65. The first-order valence-electron chi connectivity index (χ1n) is 8.64. The lowest BCUT2D eigenvalue weighted by Crippen LogP contribution is -2.25. The summed E-state index contributed by atoms with van der Waals surface area (Å²) in [6.45, 7) is 0.318. The Morgan fingerprint density at radius 2 is 1.50 bits per heavy atom. The molecule has 0 unspecified atom stereocenters. The molecule has 0 aliphatic rings. The van der Waals surface area contributed by atoms with Crippen molar-refractivity contribution in [2.45, 2.75) is 6.54 Å². The number of hydrogen-bond donors (Lipinski definition) is 2. The van der Waals surface area contributed by atoms with Gasteiger partial charge in [-0.05, 0) is 42.0 Å². The van der Waals surface area contributed by atoms with Crippen LogP contribution >= 0.6 is 0 Å². The fourth-order valence-electron chi connectivity index (χ4n) is 2.65. The highest BCUT2D eigenvalue weighted by Crippen LogP contribution is 2.18. The molecule has 142 valence electrons. The van der Waals surface area contributed by atoms with Gasteiger partial charge in [-0.15, -0.1) is 0 Å². The summed E-state index contributed by atoms with van der Waals surface area (Å²) in [7, 11) is 1.59. The van der Waals surface area contributed by atoms with E-state index >= 15 is 0 Å². The van der Waals surface area contributed by atoms with Gasteiger partial charge in [0.05, 0.1) is 23.9 Å². The van der Waals surface area contributed by atoms with Gasteiger partial charge in [-0.1, -0.05) is 36.4 Å². The van der Waals surface area contributed by atoms with Crippen molar-refractivity contribution in [3.63, 3.8) is 0 Å². The van der Waals surface area contributed by atoms with Gasteiger partial charge in [0.15, 0.2) is 0 Å². The zero-order chi connectivity index (χ0) is 19.9. The van der Waals surface area contributed by atoms with Gasteiger partial charge in [0.1, 0.15) is 11.6 Å². The molecule has 0 aliphatic heterocycles. The van der Waals surface area contributed by atoms with Crippen molar-refractivity contribution >= 4 is 17.5 Å². The Morgan fingerprint density at radius 3 is 2.18 bits per heavy atom. The zero-order valence-electron chi connectivity index (χ0n) is 15.2. The van der Waals surface area contributed by atoms with E-state index in [0.717, 1.165) is 11.3 Å². The van der Waals surface area contributed by atoms with Crippen LogP contribution in [0.3, 0.4) is 0 Å². The monoisotopic (exact) mass is 378 g/mol. The second-order valence-corrected chi connectivity index (χ2v) is 6.01. The van der Waals surface area contributed by atoms with Crippen molar-refractivity contribution in [2.75, 3.05) is 12.4 Å². The summed E-state index contributed by atoms with van der Waals surface area (Å²) in [6.07, 6.45) is 0. The molecule has 0 aromatic heterocycles. The molecule has 0 radical (unpaired) electrons. The van der Waals surface area contributed by atoms with E-state index in [1.807, 2.05) is 24.3 Å². The van der Waals surface area contributed by atoms with E-state index < -0.39 is 11.7 Å². The Labute approximate surface area is 162 Å². The third-order valence-corrected chi connectivity index (χ3v) is 4.15. The van der Waals surface area contributed by atoms with Crippen molar-refractivity contribution in [1.29, 1.82) is 0 Å². The third kappa shape index (κ3) is 4.54. The molecular formula is C22H19FN2O3. The Bertz CT molecular complexity index is 987. The SMILES string of the molecule is COc1ccc(CNC(=O)c2ccccc2NC(=O)c2ccccc2F)cc1. The number of hydrogen-bond acceptors (Lipinski definition) is 3. The first kappa shape index (κ1) is 19.1. The van der Waals surface area contributed by atoms with Crippen LogP contribution in [0.2, 0.25) is 0 Å². The number of nitrogens with one attached hydrogen (secondary N) is 2. The topological polar surface area (TPSA) is 67.4 Å². The predicted octanol–water partition coefficient (Wildman–Crippen LogP) is 4.02. The number of methoxy groups -OCH3 is 1. The van der Waals surface area contributed by atoms with Gasteiger partial charge < -0.3 is 15.4 Å². The standard InChI is InChI=1S/C22H19FN2O3/c1-28-16-12-10-15(11-13-16)14-24-21(26)18-7-3-5-9-20(18)25-22(27)17-6-2-4-8-19(17)23/h2-13H,14H2,1H3,(H,24,26)(H,25,27). The van der Waals surface area contributed by atoms with Crippen LogP contribution in [0.25, 0.3) is 0 Å². The van der Waals surface area contributed by atoms with Crippen molar-refractivity contribution in [1.82, 2.24) is 5.32 Å². The summed E-state index contributed by atoms with van der Waals surface area (Å²) in [5.41, 5.74) is 1.42. The van der Waals surface area contributed by atoms with Gasteiger partial charge in [-0.2, -0.15) is 0 Å². The highest BCUT2D eigenvalue weighted by molar-refractivity contribution is 6.09. The zero-order valence-corrected chi connectivity index (χ0v) is 15.2. The van der Waals surface area contributed by atoms with Crippen LogP contribution in [0.5, 0.6) is 5.75 Å². The average Bonchev–Trinajstić information content (AvgIpc) is 2.73. The second-order valence-electron chi connectivity index (χ2n) is 6.01. The summed E-state index contributed by atoms with van der Waals surface area (Å²) in [5, 5.41) is 5.42. The number of halogens is 1. The minimum Gasteiger partial charge on any atom is -0.497 e. The molecule has 28 heavy (non-hydrogen) atoms. The smallest absolute Gasteiger partial charge is 0.258 e. The van der Waals surface area contributed by atoms with Crippen molar-refractivity contribution in [2.24, 2.45) is 0 Å². The molecule has 0 bridgehead atoms. The summed E-state index contributed by atoms with van der Waals surface area (Å²) in [4.78, 5) is 24.9. The molecule has 0 saturated heterocycles. The molecular weight excluding hydrogens is 359 g/mol. The van der Waals surface area contributed by atoms with E-state index in [0.29, 0.717) is 17.8 Å². The maximum atomic E-state index is 13.8. The maximum Gasteiger partial charge on any atom is 0.258 e. The van der Waals surface area contributed by atoms with Gasteiger partial charge >= 0.3 is 0 Å². The molecule has 0 aliphatic carbocycles. The molecule has 3 aromatic carbocycles. The minimum atomic E-state index is -0.624. The van der Waals surface area contributed by atoms with Gasteiger partial charge in [0.2, 0.25) is 0 Å². The first-order chi connectivity index (χ1) is 13.6. The number of rotatable bonds is 6. The molecule has 0 saturated carbocycles. The van der Waals surface area contributed by atoms with Crippen molar-refractivity contribution in [3.8, 4) is 5.75 Å². The Kier molecular flexibility index (Phi) is 6.01. The predicted molar refractivity (Wildman–Crippen MR) is 105 cm³/mol. The van der Waals surface area contributed by atoms with E-state index in [1.54, 1.807) is 37.4 Å². The van der Waals surface area contributed by atoms with Crippen LogP contribution < -0.4 is 15.4 Å². The number of amides is 2. The van der Waals surface area contributed by atoms with E-state index in [4.69, 9.17) is 4.74 Å². The highest BCUT2D eigenvalue weighted by Gasteiger charge is 2.16. The summed E-state index contributed by atoms with van der Waals surface area (Å²) >= 11 is 0. The molecule has 2 amide bonds. The lowest BCUT2D eigenvalue weighted by atomic mass is 10.1. The lowest BCUT2D eigenvalue weighted by Gasteiger charge is -2.12. The van der Waals surface area contributed by atoms with Crippen LogP contribution in [0.15, 0.2) is 72.8 Å². The molecule has 0 heterocycles. The van der Waals surface area contributed by atoms with E-state index in [2.05, 4.69) is 10.6 Å². The maximum absolute atomic E-state index is 13.8. The number of benzene rings is 3. The van der Waals surface area contributed by atoms with Gasteiger partial charge in [0, 0.05) is 6.54 Å². The number of carbonyl (C=O) groups excluding carboxylic acids is 2. The quantitative estimate of drug-likeness (QED) is 0.681. The molecule has 0 fully saturated rings. The number of carbonyl (C=O) groups is 2. The van der Waals surface area contributed by atoms with Crippen LogP contribution in [0, 0.1) is 5.82 Å². The summed E-state index contributed by atoms with van der Waals surface area (Å²) in [6, 6.07) is 19.6. The molecule has 3 rings (SSSR count). The van der Waals surface area contributed by atoms with E-state index in [1.165, 1.54) is 18.2 Å². The normalized spacial score (nSPS) is 10.2.